The van der Waals surface area contributed by atoms with Crippen molar-refractivity contribution in [2.45, 2.75) is 0 Å². The zero-order valence-electron chi connectivity index (χ0n) is 7.23. The first-order valence-electron chi connectivity index (χ1n) is 3.93. The van der Waals surface area contributed by atoms with E-state index < -0.39 is 0 Å². The molecule has 1 aromatic carbocycles. The Labute approximate surface area is 79.9 Å². The predicted molar refractivity (Wildman–Crippen MR) is 48.8 cm³/mol. The fraction of sp³-hybridized carbons (Fsp3) is 0.125. The molecule has 2 rings (SSSR count). The van der Waals surface area contributed by atoms with Crippen molar-refractivity contribution in [2.75, 3.05) is 6.79 Å². The Hall–Kier alpha value is -1.95. The van der Waals surface area contributed by atoms with Crippen molar-refractivity contribution in [2.24, 2.45) is 10.7 Å². The van der Waals surface area contributed by atoms with E-state index in [1.165, 1.54) is 0 Å². The van der Waals surface area contributed by atoms with Gasteiger partial charge in [-0.05, 0) is 12.1 Å². The van der Waals surface area contributed by atoms with Gasteiger partial charge in [-0.2, -0.15) is 0 Å². The van der Waals surface area contributed by atoms with Crippen LogP contribution in [-0.2, 0) is 0 Å². The minimum absolute atomic E-state index is 0.0798. The molecule has 14 heavy (non-hydrogen) atoms. The second-order valence-corrected chi connectivity index (χ2v) is 2.65. The third kappa shape index (κ3) is 1.55. The zero-order chi connectivity index (χ0) is 9.97. The number of hydroxylamine groups is 1. The Bertz CT molecular complexity index is 378. The average Bonchev–Trinajstić information content (AvgIpc) is 2.64. The number of guanidine groups is 1. The smallest absolute Gasteiger partial charge is 0.231 e. The number of nitrogens with two attached hydrogens (primary N) is 1. The van der Waals surface area contributed by atoms with Gasteiger partial charge in [0.25, 0.3) is 0 Å². The molecule has 6 heteroatoms. The number of aliphatic imine (C=N–C) groups is 1. The molecule has 0 spiro atoms. The van der Waals surface area contributed by atoms with Gasteiger partial charge >= 0.3 is 0 Å². The van der Waals surface area contributed by atoms with Crippen LogP contribution < -0.4 is 20.7 Å². The number of ether oxygens (including phenoxy) is 2. The summed E-state index contributed by atoms with van der Waals surface area (Å²) in [6.07, 6.45) is 0. The van der Waals surface area contributed by atoms with E-state index >= 15 is 0 Å². The lowest BCUT2D eigenvalue weighted by Gasteiger charge is -1.99. The molecule has 0 saturated heterocycles. The second kappa shape index (κ2) is 3.43. The summed E-state index contributed by atoms with van der Waals surface area (Å²) in [5.74, 6) is 1.22. The number of fused-ring (bicyclic) bond motifs is 1. The number of nitrogens with one attached hydrogen (secondary N) is 1. The van der Waals surface area contributed by atoms with E-state index in [2.05, 4.69) is 4.99 Å². The Morgan fingerprint density at radius 1 is 1.43 bits per heavy atom. The normalized spacial score (nSPS) is 14.2. The first-order chi connectivity index (χ1) is 6.79. The molecule has 6 nitrogen and oxygen atoms in total. The van der Waals surface area contributed by atoms with Gasteiger partial charge in [0.1, 0.15) is 0 Å². The van der Waals surface area contributed by atoms with Crippen molar-refractivity contribution in [3.05, 3.63) is 18.2 Å². The molecule has 0 radical (unpaired) electrons. The summed E-state index contributed by atoms with van der Waals surface area (Å²) in [5.41, 5.74) is 7.58. The molecule has 0 unspecified atom stereocenters. The van der Waals surface area contributed by atoms with Crippen molar-refractivity contribution >= 4 is 11.6 Å². The van der Waals surface area contributed by atoms with Crippen LogP contribution in [0.3, 0.4) is 0 Å². The van der Waals surface area contributed by atoms with Crippen molar-refractivity contribution in [1.29, 1.82) is 0 Å². The van der Waals surface area contributed by atoms with E-state index in [0.717, 1.165) is 0 Å². The second-order valence-electron chi connectivity index (χ2n) is 2.65. The molecule has 1 aliphatic heterocycles. The van der Waals surface area contributed by atoms with E-state index in [4.69, 9.17) is 20.4 Å². The van der Waals surface area contributed by atoms with E-state index in [0.29, 0.717) is 17.2 Å². The highest BCUT2D eigenvalue weighted by molar-refractivity contribution is 5.80. The number of benzene rings is 1. The molecule has 0 bridgehead atoms. The van der Waals surface area contributed by atoms with Crippen LogP contribution in [0.5, 0.6) is 11.5 Å². The van der Waals surface area contributed by atoms with Crippen LogP contribution in [0.4, 0.5) is 5.69 Å². The fourth-order valence-electron chi connectivity index (χ4n) is 1.12. The molecule has 0 aliphatic carbocycles. The van der Waals surface area contributed by atoms with Gasteiger partial charge in [-0.25, -0.2) is 10.5 Å². The minimum Gasteiger partial charge on any atom is -0.454 e. The lowest BCUT2D eigenvalue weighted by molar-refractivity contribution is 0.174. The van der Waals surface area contributed by atoms with Crippen LogP contribution in [0.25, 0.3) is 0 Å². The summed E-state index contributed by atoms with van der Waals surface area (Å²) < 4.78 is 10.3. The first-order valence-corrected chi connectivity index (χ1v) is 3.93. The molecule has 0 atom stereocenters. The molecular formula is C8H9N3O3. The van der Waals surface area contributed by atoms with Gasteiger partial charge in [0.15, 0.2) is 11.5 Å². The summed E-state index contributed by atoms with van der Waals surface area (Å²) in [5, 5.41) is 8.43. The van der Waals surface area contributed by atoms with Crippen molar-refractivity contribution in [3.8, 4) is 11.5 Å². The third-order valence-electron chi connectivity index (χ3n) is 1.72. The van der Waals surface area contributed by atoms with Gasteiger partial charge in [-0.3, -0.25) is 5.21 Å². The average molecular weight is 195 g/mol. The Morgan fingerprint density at radius 3 is 3.00 bits per heavy atom. The van der Waals surface area contributed by atoms with Crippen molar-refractivity contribution in [3.63, 3.8) is 0 Å². The summed E-state index contributed by atoms with van der Waals surface area (Å²) in [7, 11) is 0. The van der Waals surface area contributed by atoms with Crippen LogP contribution in [0.2, 0.25) is 0 Å². The van der Waals surface area contributed by atoms with E-state index in [9.17, 15) is 0 Å². The van der Waals surface area contributed by atoms with Gasteiger partial charge in [0, 0.05) is 6.07 Å². The molecular weight excluding hydrogens is 186 g/mol. The maximum Gasteiger partial charge on any atom is 0.231 e. The van der Waals surface area contributed by atoms with Gasteiger partial charge in [-0.1, -0.05) is 0 Å². The number of nitrogens with zero attached hydrogens (tertiary/aromatic N) is 1. The topological polar surface area (TPSA) is 89.1 Å². The molecule has 0 fully saturated rings. The molecule has 74 valence electrons. The maximum absolute atomic E-state index is 8.43. The highest BCUT2D eigenvalue weighted by Crippen LogP contribution is 2.34. The molecule has 1 aliphatic rings. The lowest BCUT2D eigenvalue weighted by Crippen LogP contribution is -2.27. The maximum atomic E-state index is 8.43. The van der Waals surface area contributed by atoms with Gasteiger partial charge in [0.2, 0.25) is 12.8 Å². The van der Waals surface area contributed by atoms with Crippen LogP contribution in [0.1, 0.15) is 0 Å². The number of hydrogen-bond acceptors (Lipinski definition) is 4. The summed E-state index contributed by atoms with van der Waals surface area (Å²) in [6, 6.07) is 5.11. The Kier molecular flexibility index (Phi) is 2.11. The van der Waals surface area contributed by atoms with Gasteiger partial charge < -0.3 is 15.2 Å². The van der Waals surface area contributed by atoms with E-state index in [1.807, 2.05) is 0 Å². The number of hydrogen-bond donors (Lipinski definition) is 3. The quantitative estimate of drug-likeness (QED) is 0.341. The molecule has 1 aromatic rings. The molecule has 0 aromatic heterocycles. The SMILES string of the molecule is NC(=Nc1ccc2c(c1)OCO2)NO. The zero-order valence-corrected chi connectivity index (χ0v) is 7.23. The molecule has 0 amide bonds. The summed E-state index contributed by atoms with van der Waals surface area (Å²) in [4.78, 5) is 3.85. The summed E-state index contributed by atoms with van der Waals surface area (Å²) in [6.45, 7) is 0.218. The Balaban J connectivity index is 2.29. The minimum atomic E-state index is -0.0798. The lowest BCUT2D eigenvalue weighted by atomic mass is 10.3. The molecule has 4 N–H and O–H groups in total. The standard InChI is InChI=1S/C8H9N3O3/c9-8(11-12)10-5-1-2-6-7(3-5)14-4-13-6/h1-3,12H,4H2,(H3,9,10,11). The van der Waals surface area contributed by atoms with E-state index in [1.54, 1.807) is 23.7 Å². The fourth-order valence-corrected chi connectivity index (χ4v) is 1.12. The first kappa shape index (κ1) is 8.64. The van der Waals surface area contributed by atoms with Crippen molar-refractivity contribution in [1.82, 2.24) is 5.48 Å². The highest BCUT2D eigenvalue weighted by atomic mass is 16.7. The Morgan fingerprint density at radius 2 is 2.21 bits per heavy atom. The highest BCUT2D eigenvalue weighted by Gasteiger charge is 2.12. The van der Waals surface area contributed by atoms with Crippen LogP contribution >= 0.6 is 0 Å². The number of rotatable bonds is 1. The molecule has 1 heterocycles. The van der Waals surface area contributed by atoms with Gasteiger partial charge in [-0.15, -0.1) is 0 Å². The van der Waals surface area contributed by atoms with E-state index in [-0.39, 0.29) is 12.8 Å². The van der Waals surface area contributed by atoms with Crippen LogP contribution in [0, 0.1) is 0 Å². The third-order valence-corrected chi connectivity index (χ3v) is 1.72. The largest absolute Gasteiger partial charge is 0.454 e. The van der Waals surface area contributed by atoms with Crippen LogP contribution in [0.15, 0.2) is 23.2 Å². The van der Waals surface area contributed by atoms with Gasteiger partial charge in [0.05, 0.1) is 5.69 Å². The monoisotopic (exact) mass is 195 g/mol. The summed E-state index contributed by atoms with van der Waals surface area (Å²) >= 11 is 0. The molecule has 0 saturated carbocycles. The van der Waals surface area contributed by atoms with Crippen LogP contribution in [-0.4, -0.2) is 18.0 Å². The van der Waals surface area contributed by atoms with Crippen molar-refractivity contribution < 1.29 is 14.7 Å². The predicted octanol–water partition coefficient (Wildman–Crippen LogP) is 0.340.